The molecule has 1 aromatic heterocycles. The van der Waals surface area contributed by atoms with Crippen molar-refractivity contribution in [2.75, 3.05) is 0 Å². The molecule has 4 atom stereocenters. The molecule has 0 aromatic carbocycles. The molecular formula is C23H38N6O6. The van der Waals surface area contributed by atoms with Gasteiger partial charge in [-0.05, 0) is 11.8 Å². The highest BCUT2D eigenvalue weighted by Gasteiger charge is 2.33. The fraction of sp³-hybridized carbons (Fsp3) is 0.652. The van der Waals surface area contributed by atoms with Crippen LogP contribution in [-0.4, -0.2) is 68.7 Å². The molecule has 0 saturated carbocycles. The van der Waals surface area contributed by atoms with Crippen molar-refractivity contribution in [3.63, 3.8) is 0 Å². The summed E-state index contributed by atoms with van der Waals surface area (Å²) in [6.45, 7) is 10.3. The Balaban J connectivity index is 3.04. The van der Waals surface area contributed by atoms with Crippen LogP contribution in [0.15, 0.2) is 12.5 Å². The first-order chi connectivity index (χ1) is 16.2. The van der Waals surface area contributed by atoms with E-state index in [1.165, 1.54) is 6.33 Å². The number of hydrogen-bond donors (Lipinski definition) is 6. The highest BCUT2D eigenvalue weighted by Crippen LogP contribution is 2.10. The van der Waals surface area contributed by atoms with Crippen molar-refractivity contribution in [3.8, 4) is 0 Å². The lowest BCUT2D eigenvalue weighted by Gasteiger charge is -2.28. The number of Topliss-reactive ketones (excluding diaryl/α,β-unsaturated/α-hetero) is 1. The number of carbonyl (C=O) groups excluding carboxylic acids is 4. The number of imidazole rings is 1. The summed E-state index contributed by atoms with van der Waals surface area (Å²) >= 11 is 0. The predicted molar refractivity (Wildman–Crippen MR) is 128 cm³/mol. The number of carbonyl (C=O) groups is 5. The van der Waals surface area contributed by atoms with E-state index in [-0.39, 0.29) is 24.0 Å². The highest BCUT2D eigenvalue weighted by atomic mass is 16.4. The normalized spacial score (nSPS) is 14.8. The Bertz CT molecular complexity index is 883. The third-order valence-corrected chi connectivity index (χ3v) is 5.49. The Hall–Kier alpha value is -3.28. The second-order valence-corrected chi connectivity index (χ2v) is 9.56. The van der Waals surface area contributed by atoms with Gasteiger partial charge in [0.15, 0.2) is 5.78 Å². The minimum Gasteiger partial charge on any atom is -0.481 e. The van der Waals surface area contributed by atoms with Gasteiger partial charge in [0.1, 0.15) is 12.1 Å². The molecule has 0 unspecified atom stereocenters. The summed E-state index contributed by atoms with van der Waals surface area (Å²) in [7, 11) is 0. The van der Waals surface area contributed by atoms with Crippen molar-refractivity contribution >= 4 is 29.5 Å². The van der Waals surface area contributed by atoms with Gasteiger partial charge in [-0.2, -0.15) is 0 Å². The van der Waals surface area contributed by atoms with E-state index >= 15 is 0 Å². The van der Waals surface area contributed by atoms with Crippen LogP contribution >= 0.6 is 0 Å². The van der Waals surface area contributed by atoms with E-state index in [0.29, 0.717) is 5.69 Å². The number of hydrogen-bond acceptors (Lipinski definition) is 7. The average Bonchev–Trinajstić information content (AvgIpc) is 3.27. The molecule has 0 aliphatic heterocycles. The topological polar surface area (TPSA) is 196 Å². The molecule has 0 aliphatic rings. The molecule has 0 bridgehead atoms. The third-order valence-electron chi connectivity index (χ3n) is 5.49. The summed E-state index contributed by atoms with van der Waals surface area (Å²) in [6.07, 6.45) is 2.51. The zero-order valence-corrected chi connectivity index (χ0v) is 21.1. The van der Waals surface area contributed by atoms with Crippen LogP contribution in [0.2, 0.25) is 0 Å². The Morgan fingerprint density at radius 2 is 1.51 bits per heavy atom. The number of ketones is 1. The van der Waals surface area contributed by atoms with Crippen LogP contribution in [0.3, 0.4) is 0 Å². The highest BCUT2D eigenvalue weighted by molar-refractivity contribution is 5.96. The van der Waals surface area contributed by atoms with E-state index in [4.69, 9.17) is 5.73 Å². The second kappa shape index (κ2) is 13.6. The van der Waals surface area contributed by atoms with Crippen molar-refractivity contribution in [1.82, 2.24) is 25.9 Å². The Labute approximate surface area is 205 Å². The quantitative estimate of drug-likeness (QED) is 0.203. The standard InChI is InChI=1S/C23H38N6O6/c1-11(2)18(24)22(34)28-16(8-17(30)31)21(33)29-19(12(3)4)23(35)27-15(20(32)13(5)6)7-14-9-25-10-26-14/h9-13,15-16,18-19H,7-8,24H2,1-6H3,(H,25,26)(H,27,35)(H,28,34)(H,29,33)(H,30,31)/t15-,16-,18-,19-/m0/s1. The summed E-state index contributed by atoms with van der Waals surface area (Å²) < 4.78 is 0. The van der Waals surface area contributed by atoms with Crippen LogP contribution in [0, 0.1) is 17.8 Å². The van der Waals surface area contributed by atoms with E-state index in [0.717, 1.165) is 0 Å². The maximum absolute atomic E-state index is 13.1. The van der Waals surface area contributed by atoms with Gasteiger partial charge in [0.2, 0.25) is 17.7 Å². The number of nitrogens with two attached hydrogens (primary N) is 1. The Kier molecular flexibility index (Phi) is 11.5. The summed E-state index contributed by atoms with van der Waals surface area (Å²) in [5.74, 6) is -4.61. The molecule has 196 valence electrons. The molecule has 1 aromatic rings. The molecule has 3 amide bonds. The number of aromatic nitrogens is 2. The Morgan fingerprint density at radius 1 is 0.914 bits per heavy atom. The first-order valence-electron chi connectivity index (χ1n) is 11.6. The van der Waals surface area contributed by atoms with Gasteiger partial charge in [-0.1, -0.05) is 41.5 Å². The third kappa shape index (κ3) is 9.47. The first-order valence-corrected chi connectivity index (χ1v) is 11.6. The van der Waals surface area contributed by atoms with Gasteiger partial charge in [-0.15, -0.1) is 0 Å². The number of aromatic amines is 1. The summed E-state index contributed by atoms with van der Waals surface area (Å²) in [4.78, 5) is 69.2. The number of amides is 3. The SMILES string of the molecule is CC(C)C(=O)[C@H](Cc1cnc[nH]1)NC(=O)[C@@H](NC(=O)[C@H](CC(=O)O)NC(=O)[C@@H](N)C(C)C)C(C)C. The summed E-state index contributed by atoms with van der Waals surface area (Å²) in [5, 5.41) is 16.8. The van der Waals surface area contributed by atoms with Crippen molar-refractivity contribution in [1.29, 1.82) is 0 Å². The number of nitrogens with zero attached hydrogens (tertiary/aromatic N) is 1. The fourth-order valence-electron chi connectivity index (χ4n) is 3.25. The van der Waals surface area contributed by atoms with E-state index in [1.807, 2.05) is 0 Å². The molecular weight excluding hydrogens is 456 g/mol. The minimum absolute atomic E-state index is 0.187. The van der Waals surface area contributed by atoms with E-state index in [2.05, 4.69) is 25.9 Å². The van der Waals surface area contributed by atoms with Crippen LogP contribution in [-0.2, 0) is 30.4 Å². The van der Waals surface area contributed by atoms with E-state index < -0.39 is 60.2 Å². The number of H-pyrrole nitrogens is 1. The van der Waals surface area contributed by atoms with Crippen LogP contribution in [0.4, 0.5) is 0 Å². The molecule has 0 fully saturated rings. The number of rotatable bonds is 14. The van der Waals surface area contributed by atoms with Crippen LogP contribution in [0.1, 0.15) is 53.7 Å². The lowest BCUT2D eigenvalue weighted by molar-refractivity contribution is -0.141. The second-order valence-electron chi connectivity index (χ2n) is 9.56. The number of aliphatic carboxylic acids is 1. The van der Waals surface area contributed by atoms with Gasteiger partial charge in [0.25, 0.3) is 0 Å². The van der Waals surface area contributed by atoms with E-state index in [9.17, 15) is 29.1 Å². The van der Waals surface area contributed by atoms with Crippen molar-refractivity contribution in [2.24, 2.45) is 23.5 Å². The van der Waals surface area contributed by atoms with Crippen molar-refractivity contribution in [2.45, 2.75) is 78.6 Å². The Morgan fingerprint density at radius 3 is 1.97 bits per heavy atom. The molecule has 0 radical (unpaired) electrons. The summed E-state index contributed by atoms with van der Waals surface area (Å²) in [5.41, 5.74) is 6.46. The van der Waals surface area contributed by atoms with Gasteiger partial charge in [-0.3, -0.25) is 24.0 Å². The summed E-state index contributed by atoms with van der Waals surface area (Å²) in [6, 6.07) is -4.32. The van der Waals surface area contributed by atoms with Gasteiger partial charge in [0.05, 0.1) is 24.8 Å². The van der Waals surface area contributed by atoms with Crippen LogP contribution < -0.4 is 21.7 Å². The molecule has 0 saturated heterocycles. The van der Waals surface area contributed by atoms with Gasteiger partial charge in [0, 0.05) is 24.2 Å². The maximum atomic E-state index is 13.1. The molecule has 12 heteroatoms. The van der Waals surface area contributed by atoms with E-state index in [1.54, 1.807) is 47.7 Å². The molecule has 0 aliphatic carbocycles. The fourth-order valence-corrected chi connectivity index (χ4v) is 3.25. The number of carboxylic acids is 1. The lowest BCUT2D eigenvalue weighted by atomic mass is 9.96. The van der Waals surface area contributed by atoms with Gasteiger partial charge in [-0.25, -0.2) is 4.98 Å². The van der Waals surface area contributed by atoms with Gasteiger partial charge < -0.3 is 31.8 Å². The monoisotopic (exact) mass is 494 g/mol. The zero-order valence-electron chi connectivity index (χ0n) is 21.1. The maximum Gasteiger partial charge on any atom is 0.305 e. The molecule has 1 rings (SSSR count). The molecule has 35 heavy (non-hydrogen) atoms. The van der Waals surface area contributed by atoms with Crippen molar-refractivity contribution < 1.29 is 29.1 Å². The number of carboxylic acid groups (broad SMARTS) is 1. The molecule has 1 heterocycles. The molecule has 12 nitrogen and oxygen atoms in total. The lowest BCUT2D eigenvalue weighted by Crippen LogP contribution is -2.59. The minimum atomic E-state index is -1.43. The van der Waals surface area contributed by atoms with Crippen LogP contribution in [0.25, 0.3) is 0 Å². The molecule has 7 N–H and O–H groups in total. The molecule has 0 spiro atoms. The largest absolute Gasteiger partial charge is 0.481 e. The van der Waals surface area contributed by atoms with Crippen LogP contribution in [0.5, 0.6) is 0 Å². The van der Waals surface area contributed by atoms with Gasteiger partial charge >= 0.3 is 5.97 Å². The zero-order chi connectivity index (χ0) is 26.9. The van der Waals surface area contributed by atoms with Crippen molar-refractivity contribution in [3.05, 3.63) is 18.2 Å². The smallest absolute Gasteiger partial charge is 0.305 e. The predicted octanol–water partition coefficient (Wildman–Crippen LogP) is -0.254. The first kappa shape index (κ1) is 29.8. The average molecular weight is 495 g/mol. The number of nitrogens with one attached hydrogen (secondary N) is 4.